The van der Waals surface area contributed by atoms with Crippen molar-refractivity contribution in [3.05, 3.63) is 23.2 Å². The summed E-state index contributed by atoms with van der Waals surface area (Å²) in [7, 11) is -3.79. The molecule has 2 amide bonds. The van der Waals surface area contributed by atoms with Crippen molar-refractivity contribution in [3.8, 4) is 5.75 Å². The molecule has 0 radical (unpaired) electrons. The summed E-state index contributed by atoms with van der Waals surface area (Å²) in [5.74, 6) is -0.0502. The molecule has 2 saturated heterocycles. The highest BCUT2D eigenvalue weighted by atomic mass is 35.5. The molecule has 2 fully saturated rings. The van der Waals surface area contributed by atoms with Gasteiger partial charge in [0.2, 0.25) is 15.9 Å². The number of carbonyl (C=O) groups excluding carboxylic acids is 2. The second-order valence-electron chi connectivity index (χ2n) is 7.74. The first kappa shape index (κ1) is 24.6. The molecule has 2 heterocycles. The van der Waals surface area contributed by atoms with Gasteiger partial charge in [-0.1, -0.05) is 11.6 Å². The number of amides is 2. The van der Waals surface area contributed by atoms with E-state index in [9.17, 15) is 18.0 Å². The molecule has 11 heteroatoms. The van der Waals surface area contributed by atoms with Crippen LogP contribution < -0.4 is 4.74 Å². The molecule has 2 aliphatic heterocycles. The van der Waals surface area contributed by atoms with Crippen LogP contribution in [0.25, 0.3) is 0 Å². The van der Waals surface area contributed by atoms with Gasteiger partial charge in [-0.25, -0.2) is 13.2 Å². The number of ether oxygens (including phenoxy) is 2. The largest absolute Gasteiger partial charge is 0.492 e. The first-order valence-electron chi connectivity index (χ1n) is 10.9. The summed E-state index contributed by atoms with van der Waals surface area (Å²) < 4.78 is 38.1. The molecule has 2 aliphatic rings. The van der Waals surface area contributed by atoms with Crippen molar-refractivity contribution in [2.24, 2.45) is 5.92 Å². The maximum absolute atomic E-state index is 13.2. The van der Waals surface area contributed by atoms with Crippen LogP contribution in [0.1, 0.15) is 26.7 Å². The smallest absolute Gasteiger partial charge is 0.409 e. The van der Waals surface area contributed by atoms with Gasteiger partial charge in [-0.2, -0.15) is 4.31 Å². The Hall–Kier alpha value is -2.04. The summed E-state index contributed by atoms with van der Waals surface area (Å²) >= 11 is 6.18. The number of sulfonamides is 1. The Balaban J connectivity index is 1.64. The fraction of sp³-hybridized carbons (Fsp3) is 0.619. The van der Waals surface area contributed by atoms with E-state index in [1.54, 1.807) is 22.8 Å². The minimum Gasteiger partial charge on any atom is -0.492 e. The third-order valence-corrected chi connectivity index (χ3v) is 7.85. The minimum atomic E-state index is -3.79. The average Bonchev–Trinajstić information content (AvgIpc) is 2.80. The number of nitrogens with zero attached hydrogens (tertiary/aromatic N) is 3. The normalized spacial score (nSPS) is 20.2. The Morgan fingerprint density at radius 1 is 1.06 bits per heavy atom. The van der Waals surface area contributed by atoms with Crippen LogP contribution in [0, 0.1) is 5.92 Å². The summed E-state index contributed by atoms with van der Waals surface area (Å²) in [5.41, 5.74) is 0. The Labute approximate surface area is 194 Å². The van der Waals surface area contributed by atoms with Crippen molar-refractivity contribution in [1.29, 1.82) is 0 Å². The summed E-state index contributed by atoms with van der Waals surface area (Å²) in [6.07, 6.45) is 0.861. The van der Waals surface area contributed by atoms with Crippen molar-refractivity contribution in [2.75, 3.05) is 52.5 Å². The SMILES string of the molecule is CCOC(=O)N1CCN(C(=O)[C@H]2CCCN(S(=O)(=O)c3ccc(OCC)c(Cl)c3)C2)CC1. The Kier molecular flexibility index (Phi) is 8.24. The van der Waals surface area contributed by atoms with Crippen molar-refractivity contribution < 1.29 is 27.5 Å². The van der Waals surface area contributed by atoms with E-state index < -0.39 is 15.9 Å². The highest BCUT2D eigenvalue weighted by Crippen LogP contribution is 2.31. The molecular weight excluding hydrogens is 458 g/mol. The van der Waals surface area contributed by atoms with Gasteiger partial charge in [-0.15, -0.1) is 0 Å². The molecule has 0 spiro atoms. The lowest BCUT2D eigenvalue weighted by Crippen LogP contribution is -2.54. The maximum Gasteiger partial charge on any atom is 0.409 e. The predicted molar refractivity (Wildman–Crippen MR) is 119 cm³/mol. The first-order valence-corrected chi connectivity index (χ1v) is 12.7. The lowest BCUT2D eigenvalue weighted by Gasteiger charge is -2.38. The van der Waals surface area contributed by atoms with Crippen LogP contribution in [0.5, 0.6) is 5.75 Å². The Morgan fingerprint density at radius 2 is 1.75 bits per heavy atom. The molecule has 32 heavy (non-hydrogen) atoms. The molecule has 9 nitrogen and oxygen atoms in total. The van der Waals surface area contributed by atoms with Gasteiger partial charge < -0.3 is 19.3 Å². The fourth-order valence-corrected chi connectivity index (χ4v) is 5.86. The number of carbonyl (C=O) groups is 2. The topological polar surface area (TPSA) is 96.5 Å². The number of piperazine rings is 1. The highest BCUT2D eigenvalue weighted by molar-refractivity contribution is 7.89. The van der Waals surface area contributed by atoms with Crippen LogP contribution in [0.3, 0.4) is 0 Å². The molecule has 0 aromatic heterocycles. The van der Waals surface area contributed by atoms with Crippen molar-refractivity contribution >= 4 is 33.6 Å². The average molecular weight is 488 g/mol. The van der Waals surface area contributed by atoms with Crippen molar-refractivity contribution in [1.82, 2.24) is 14.1 Å². The minimum absolute atomic E-state index is 0.0712. The van der Waals surface area contributed by atoms with Crippen molar-refractivity contribution in [2.45, 2.75) is 31.6 Å². The molecule has 0 N–H and O–H groups in total. The summed E-state index contributed by atoms with van der Waals surface area (Å²) in [6, 6.07) is 4.42. The quantitative estimate of drug-likeness (QED) is 0.611. The monoisotopic (exact) mass is 487 g/mol. The Morgan fingerprint density at radius 3 is 2.38 bits per heavy atom. The second-order valence-corrected chi connectivity index (χ2v) is 10.1. The third-order valence-electron chi connectivity index (χ3n) is 5.69. The van der Waals surface area contributed by atoms with Gasteiger partial charge in [-0.05, 0) is 44.9 Å². The first-order chi connectivity index (χ1) is 15.3. The number of hydrogen-bond acceptors (Lipinski definition) is 6. The number of halogens is 1. The third kappa shape index (κ3) is 5.47. The zero-order valence-corrected chi connectivity index (χ0v) is 20.0. The number of hydrogen-bond donors (Lipinski definition) is 0. The maximum atomic E-state index is 13.2. The second kappa shape index (κ2) is 10.7. The number of piperidine rings is 1. The Bertz CT molecular complexity index is 933. The van der Waals surface area contributed by atoms with E-state index in [1.165, 1.54) is 16.4 Å². The zero-order chi connectivity index (χ0) is 23.3. The van der Waals surface area contributed by atoms with Gasteiger partial charge >= 0.3 is 6.09 Å². The molecule has 1 aromatic carbocycles. The van der Waals surface area contributed by atoms with E-state index >= 15 is 0 Å². The number of rotatable bonds is 6. The van der Waals surface area contributed by atoms with Gasteiger partial charge in [0.25, 0.3) is 0 Å². The molecule has 3 rings (SSSR count). The molecule has 1 atom stereocenters. The lowest BCUT2D eigenvalue weighted by atomic mass is 9.98. The molecule has 1 aromatic rings. The van der Waals surface area contributed by atoms with Gasteiger partial charge in [0.15, 0.2) is 0 Å². The molecular formula is C21H30ClN3O6S. The van der Waals surface area contributed by atoms with E-state index in [1.807, 2.05) is 6.92 Å². The van der Waals surface area contributed by atoms with Crippen LogP contribution in [0.15, 0.2) is 23.1 Å². The van der Waals surface area contributed by atoms with E-state index in [0.717, 1.165) is 0 Å². The van der Waals surface area contributed by atoms with Crippen LogP contribution in [-0.4, -0.2) is 87.0 Å². The number of benzene rings is 1. The van der Waals surface area contributed by atoms with E-state index in [4.69, 9.17) is 21.1 Å². The standard InChI is InChI=1S/C21H30ClN3O6S/c1-3-30-19-8-7-17(14-18(19)22)32(28,29)25-9-5-6-16(15-25)20(26)23-10-12-24(13-11-23)21(27)31-4-2/h7-8,14,16H,3-6,9-13,15H2,1-2H3/t16-/m0/s1. The highest BCUT2D eigenvalue weighted by Gasteiger charge is 2.36. The predicted octanol–water partition coefficient (Wildman–Crippen LogP) is 2.44. The molecule has 0 unspecified atom stereocenters. The summed E-state index contributed by atoms with van der Waals surface area (Å²) in [5, 5.41) is 0.233. The van der Waals surface area contributed by atoms with Crippen molar-refractivity contribution in [3.63, 3.8) is 0 Å². The zero-order valence-electron chi connectivity index (χ0n) is 18.5. The fourth-order valence-electron chi connectivity index (χ4n) is 4.01. The molecule has 0 aliphatic carbocycles. The molecule has 178 valence electrons. The van der Waals surface area contributed by atoms with Crippen LogP contribution in [-0.2, 0) is 19.6 Å². The van der Waals surface area contributed by atoms with Gasteiger partial charge in [0.1, 0.15) is 5.75 Å². The van der Waals surface area contributed by atoms with E-state index in [-0.39, 0.29) is 28.5 Å². The van der Waals surface area contributed by atoms with Gasteiger partial charge in [0, 0.05) is 39.3 Å². The van der Waals surface area contributed by atoms with E-state index in [0.29, 0.717) is 64.5 Å². The van der Waals surface area contributed by atoms with Crippen LogP contribution in [0.2, 0.25) is 5.02 Å². The lowest BCUT2D eigenvalue weighted by molar-refractivity contribution is -0.138. The summed E-state index contributed by atoms with van der Waals surface area (Å²) in [6.45, 7) is 6.43. The molecule has 0 bridgehead atoms. The van der Waals surface area contributed by atoms with Crippen LogP contribution >= 0.6 is 11.6 Å². The van der Waals surface area contributed by atoms with Crippen LogP contribution in [0.4, 0.5) is 4.79 Å². The molecule has 0 saturated carbocycles. The van der Waals surface area contributed by atoms with Gasteiger partial charge in [0.05, 0.1) is 29.0 Å². The van der Waals surface area contributed by atoms with E-state index in [2.05, 4.69) is 0 Å². The summed E-state index contributed by atoms with van der Waals surface area (Å²) in [4.78, 5) is 28.3. The van der Waals surface area contributed by atoms with Gasteiger partial charge in [-0.3, -0.25) is 4.79 Å².